The lowest BCUT2D eigenvalue weighted by Gasteiger charge is -2.11. The molecule has 0 bridgehead atoms. The highest BCUT2D eigenvalue weighted by atomic mass is 16.3. The molecular formula is C14H15N3O2. The van der Waals surface area contributed by atoms with Crippen LogP contribution in [-0.4, -0.2) is 23.5 Å². The summed E-state index contributed by atoms with van der Waals surface area (Å²) in [5.41, 5.74) is 1.68. The summed E-state index contributed by atoms with van der Waals surface area (Å²) in [6, 6.07) is 7.40. The van der Waals surface area contributed by atoms with Crippen LogP contribution < -0.4 is 10.6 Å². The van der Waals surface area contributed by atoms with E-state index >= 15 is 0 Å². The number of anilines is 1. The minimum atomic E-state index is -0.0635. The van der Waals surface area contributed by atoms with E-state index in [-0.39, 0.29) is 11.9 Å². The molecule has 1 fully saturated rings. The highest BCUT2D eigenvalue weighted by molar-refractivity contribution is 5.95. The van der Waals surface area contributed by atoms with Crippen LogP contribution in [-0.2, 0) is 4.79 Å². The molecule has 1 amide bonds. The smallest absolute Gasteiger partial charge is 0.241 e. The zero-order chi connectivity index (χ0) is 13.1. The lowest BCUT2D eigenvalue weighted by Crippen LogP contribution is -2.35. The van der Waals surface area contributed by atoms with E-state index in [1.165, 1.54) is 6.26 Å². The molecule has 1 saturated heterocycles. The van der Waals surface area contributed by atoms with E-state index in [0.29, 0.717) is 5.89 Å². The molecule has 1 aromatic heterocycles. The highest BCUT2D eigenvalue weighted by Crippen LogP contribution is 2.19. The number of carbonyl (C=O) groups is 1. The Hall–Kier alpha value is -2.14. The van der Waals surface area contributed by atoms with Crippen molar-refractivity contribution in [1.82, 2.24) is 10.3 Å². The second-order valence-electron chi connectivity index (χ2n) is 4.55. The molecule has 0 radical (unpaired) electrons. The number of hydrogen-bond acceptors (Lipinski definition) is 4. The molecule has 5 nitrogen and oxygen atoms in total. The molecule has 0 spiro atoms. The van der Waals surface area contributed by atoms with Gasteiger partial charge in [-0.05, 0) is 43.7 Å². The fourth-order valence-electron chi connectivity index (χ4n) is 2.20. The SMILES string of the molecule is O=C(Nc1ccc(-c2ncco2)cc1)C1CCCN1. The van der Waals surface area contributed by atoms with Crippen LogP contribution >= 0.6 is 0 Å². The number of benzene rings is 1. The molecule has 19 heavy (non-hydrogen) atoms. The molecule has 1 aliphatic rings. The summed E-state index contributed by atoms with van der Waals surface area (Å²) in [6.07, 6.45) is 5.11. The monoisotopic (exact) mass is 257 g/mol. The fraction of sp³-hybridized carbons (Fsp3) is 0.286. The lowest BCUT2D eigenvalue weighted by atomic mass is 10.2. The first kappa shape index (κ1) is 11.9. The Morgan fingerprint density at radius 3 is 2.84 bits per heavy atom. The molecule has 1 aromatic carbocycles. The summed E-state index contributed by atoms with van der Waals surface area (Å²) >= 11 is 0. The van der Waals surface area contributed by atoms with Crippen molar-refractivity contribution in [3.05, 3.63) is 36.7 Å². The average molecular weight is 257 g/mol. The topological polar surface area (TPSA) is 67.2 Å². The lowest BCUT2D eigenvalue weighted by molar-refractivity contribution is -0.117. The molecule has 1 aliphatic heterocycles. The Labute approximate surface area is 111 Å². The Kier molecular flexibility index (Phi) is 3.29. The van der Waals surface area contributed by atoms with E-state index in [9.17, 15) is 4.79 Å². The van der Waals surface area contributed by atoms with Crippen molar-refractivity contribution >= 4 is 11.6 Å². The third-order valence-electron chi connectivity index (χ3n) is 3.21. The van der Waals surface area contributed by atoms with Gasteiger partial charge in [-0.25, -0.2) is 4.98 Å². The zero-order valence-electron chi connectivity index (χ0n) is 10.4. The molecule has 2 N–H and O–H groups in total. The van der Waals surface area contributed by atoms with Gasteiger partial charge >= 0.3 is 0 Å². The molecule has 0 saturated carbocycles. The van der Waals surface area contributed by atoms with Gasteiger partial charge in [-0.1, -0.05) is 0 Å². The van der Waals surface area contributed by atoms with Gasteiger partial charge in [0.15, 0.2) is 0 Å². The van der Waals surface area contributed by atoms with Gasteiger partial charge in [-0.2, -0.15) is 0 Å². The Morgan fingerprint density at radius 2 is 2.21 bits per heavy atom. The van der Waals surface area contributed by atoms with Gasteiger partial charge in [0.05, 0.1) is 12.2 Å². The van der Waals surface area contributed by atoms with Crippen molar-refractivity contribution in [2.75, 3.05) is 11.9 Å². The van der Waals surface area contributed by atoms with Crippen LogP contribution in [0.5, 0.6) is 0 Å². The Balaban J connectivity index is 1.67. The van der Waals surface area contributed by atoms with Crippen LogP contribution in [0, 0.1) is 0 Å². The average Bonchev–Trinajstić information content (AvgIpc) is 3.13. The van der Waals surface area contributed by atoms with E-state index in [1.807, 2.05) is 24.3 Å². The quantitative estimate of drug-likeness (QED) is 0.883. The summed E-state index contributed by atoms with van der Waals surface area (Å²) in [7, 11) is 0. The molecular weight excluding hydrogens is 242 g/mol. The minimum Gasteiger partial charge on any atom is -0.445 e. The predicted octanol–water partition coefficient (Wildman–Crippen LogP) is 2.03. The maximum absolute atomic E-state index is 11.9. The van der Waals surface area contributed by atoms with Gasteiger partial charge < -0.3 is 15.1 Å². The maximum Gasteiger partial charge on any atom is 0.241 e. The highest BCUT2D eigenvalue weighted by Gasteiger charge is 2.21. The molecule has 1 unspecified atom stereocenters. The normalized spacial score (nSPS) is 18.4. The van der Waals surface area contributed by atoms with E-state index in [4.69, 9.17) is 4.42 Å². The first-order chi connectivity index (χ1) is 9.33. The number of hydrogen-bond donors (Lipinski definition) is 2. The number of rotatable bonds is 3. The van der Waals surface area contributed by atoms with E-state index in [1.54, 1.807) is 6.20 Å². The van der Waals surface area contributed by atoms with Gasteiger partial charge in [0.2, 0.25) is 11.8 Å². The van der Waals surface area contributed by atoms with Gasteiger partial charge in [0.25, 0.3) is 0 Å². The number of carbonyl (C=O) groups excluding carboxylic acids is 1. The Bertz CT molecular complexity index is 543. The first-order valence-corrected chi connectivity index (χ1v) is 6.37. The standard InChI is InChI=1S/C14H15N3O2/c18-13(12-2-1-7-15-12)17-11-5-3-10(4-6-11)14-16-8-9-19-14/h3-6,8-9,12,15H,1-2,7H2,(H,17,18). The number of nitrogens with one attached hydrogen (secondary N) is 2. The summed E-state index contributed by atoms with van der Waals surface area (Å²) in [6.45, 7) is 0.918. The van der Waals surface area contributed by atoms with Crippen LogP contribution in [0.4, 0.5) is 5.69 Å². The van der Waals surface area contributed by atoms with Gasteiger partial charge in [0, 0.05) is 11.3 Å². The largest absolute Gasteiger partial charge is 0.445 e. The molecule has 2 aromatic rings. The van der Waals surface area contributed by atoms with Crippen molar-refractivity contribution in [3.63, 3.8) is 0 Å². The maximum atomic E-state index is 11.9. The fourth-order valence-corrected chi connectivity index (χ4v) is 2.20. The Morgan fingerprint density at radius 1 is 1.37 bits per heavy atom. The van der Waals surface area contributed by atoms with Crippen molar-refractivity contribution in [2.24, 2.45) is 0 Å². The molecule has 2 heterocycles. The van der Waals surface area contributed by atoms with Crippen molar-refractivity contribution in [3.8, 4) is 11.5 Å². The predicted molar refractivity (Wildman–Crippen MR) is 71.6 cm³/mol. The molecule has 0 aliphatic carbocycles. The van der Waals surface area contributed by atoms with Gasteiger partial charge in [-0.3, -0.25) is 4.79 Å². The van der Waals surface area contributed by atoms with Gasteiger partial charge in [0.1, 0.15) is 6.26 Å². The van der Waals surface area contributed by atoms with Crippen LogP contribution in [0.3, 0.4) is 0 Å². The number of oxazole rings is 1. The minimum absolute atomic E-state index is 0.0290. The molecule has 98 valence electrons. The molecule has 5 heteroatoms. The van der Waals surface area contributed by atoms with Crippen LogP contribution in [0.1, 0.15) is 12.8 Å². The summed E-state index contributed by atoms with van der Waals surface area (Å²) in [4.78, 5) is 16.0. The van der Waals surface area contributed by atoms with E-state index < -0.39 is 0 Å². The second kappa shape index (κ2) is 5.24. The molecule has 1 atom stereocenters. The van der Waals surface area contributed by atoms with Crippen LogP contribution in [0.25, 0.3) is 11.5 Å². The second-order valence-corrected chi connectivity index (χ2v) is 4.55. The number of nitrogens with zero attached hydrogens (tertiary/aromatic N) is 1. The summed E-state index contributed by atoms with van der Waals surface area (Å²) in [5.74, 6) is 0.608. The van der Waals surface area contributed by atoms with E-state index in [0.717, 1.165) is 30.6 Å². The van der Waals surface area contributed by atoms with E-state index in [2.05, 4.69) is 15.6 Å². The van der Waals surface area contributed by atoms with Crippen LogP contribution in [0.2, 0.25) is 0 Å². The zero-order valence-corrected chi connectivity index (χ0v) is 10.4. The summed E-state index contributed by atoms with van der Waals surface area (Å²) < 4.78 is 5.21. The van der Waals surface area contributed by atoms with Crippen molar-refractivity contribution in [2.45, 2.75) is 18.9 Å². The third-order valence-corrected chi connectivity index (χ3v) is 3.21. The van der Waals surface area contributed by atoms with Crippen LogP contribution in [0.15, 0.2) is 41.1 Å². The van der Waals surface area contributed by atoms with Crippen molar-refractivity contribution in [1.29, 1.82) is 0 Å². The number of amides is 1. The molecule has 3 rings (SSSR count). The number of aromatic nitrogens is 1. The first-order valence-electron chi connectivity index (χ1n) is 6.37. The third kappa shape index (κ3) is 2.66. The summed E-state index contributed by atoms with van der Waals surface area (Å²) in [5, 5.41) is 6.08. The van der Waals surface area contributed by atoms with Crippen molar-refractivity contribution < 1.29 is 9.21 Å². The van der Waals surface area contributed by atoms with Gasteiger partial charge in [-0.15, -0.1) is 0 Å².